The van der Waals surface area contributed by atoms with Crippen molar-refractivity contribution in [1.82, 2.24) is 0 Å². The molecule has 0 saturated carbocycles. The van der Waals surface area contributed by atoms with Crippen molar-refractivity contribution in [2.75, 3.05) is 0 Å². The Morgan fingerprint density at radius 1 is 1.20 bits per heavy atom. The number of hydrogen-bond donors (Lipinski definition) is 0. The molecular weight excluding hydrogens is 291 g/mol. The summed E-state index contributed by atoms with van der Waals surface area (Å²) in [4.78, 5) is 1.16. The lowest BCUT2D eigenvalue weighted by molar-refractivity contribution is 0.548. The van der Waals surface area contributed by atoms with Crippen molar-refractivity contribution in [3.63, 3.8) is 0 Å². The predicted octanol–water partition coefficient (Wildman–Crippen LogP) is 5.87. The third kappa shape index (κ3) is 2.36. The fourth-order valence-corrected chi connectivity index (χ4v) is 4.42. The minimum absolute atomic E-state index is 0.166. The van der Waals surface area contributed by atoms with E-state index in [1.807, 2.05) is 18.2 Å². The van der Waals surface area contributed by atoms with Crippen LogP contribution in [0.4, 0.5) is 4.39 Å². The van der Waals surface area contributed by atoms with Gasteiger partial charge in [-0.05, 0) is 46.9 Å². The Hall–Kier alpha value is -0.990. The lowest BCUT2D eigenvalue weighted by Gasteiger charge is -2.24. The molecule has 0 radical (unpaired) electrons. The maximum absolute atomic E-state index is 13.7. The van der Waals surface area contributed by atoms with Crippen LogP contribution in [-0.4, -0.2) is 0 Å². The van der Waals surface area contributed by atoms with Crippen LogP contribution in [0.15, 0.2) is 41.3 Å². The number of benzene rings is 2. The van der Waals surface area contributed by atoms with Crippen LogP contribution in [0.1, 0.15) is 36.5 Å². The Bertz CT molecular complexity index is 649. The quantitative estimate of drug-likeness (QED) is 0.634. The number of fused-ring (bicyclic) bond motifs is 2. The summed E-state index contributed by atoms with van der Waals surface area (Å²) in [6, 6.07) is 11.2. The highest BCUT2D eigenvalue weighted by molar-refractivity contribution is 7.98. The molecule has 1 aliphatic rings. The van der Waals surface area contributed by atoms with E-state index in [0.29, 0.717) is 5.92 Å². The van der Waals surface area contributed by atoms with Gasteiger partial charge in [0.25, 0.3) is 0 Å². The fraction of sp³-hybridized carbons (Fsp3) is 0.294. The molecule has 0 aliphatic carbocycles. The summed E-state index contributed by atoms with van der Waals surface area (Å²) >= 11 is 8.12. The molecule has 3 heteroatoms. The van der Waals surface area contributed by atoms with Gasteiger partial charge in [0.2, 0.25) is 0 Å². The number of thioether (sulfide) groups is 1. The van der Waals surface area contributed by atoms with Gasteiger partial charge in [0.05, 0.1) is 0 Å². The van der Waals surface area contributed by atoms with Crippen molar-refractivity contribution >= 4 is 23.4 Å². The van der Waals surface area contributed by atoms with Crippen LogP contribution < -0.4 is 0 Å². The lowest BCUT2D eigenvalue weighted by Crippen LogP contribution is -2.10. The summed E-state index contributed by atoms with van der Waals surface area (Å²) in [5, 5.41) is 0.814. The van der Waals surface area contributed by atoms with Crippen LogP contribution in [0.5, 0.6) is 0 Å². The second kappa shape index (κ2) is 5.42. The van der Waals surface area contributed by atoms with E-state index < -0.39 is 0 Å². The summed E-state index contributed by atoms with van der Waals surface area (Å²) in [6.07, 6.45) is 0. The van der Waals surface area contributed by atoms with Crippen molar-refractivity contribution < 1.29 is 4.39 Å². The molecule has 1 unspecified atom stereocenters. The van der Waals surface area contributed by atoms with Crippen molar-refractivity contribution in [2.45, 2.75) is 30.4 Å². The molecule has 3 rings (SSSR count). The van der Waals surface area contributed by atoms with Crippen LogP contribution in [0.3, 0.4) is 0 Å². The molecule has 2 aromatic carbocycles. The minimum atomic E-state index is -0.166. The van der Waals surface area contributed by atoms with Crippen LogP contribution in [0.25, 0.3) is 0 Å². The number of halogens is 2. The standard InChI is InChI=1S/C17H16ClFS/c1-10(2)17-12-4-3-5-15(18)14(12)9-20-16-7-6-11(19)8-13(16)17/h3-8,10,17H,9H2,1-2H3. The first-order chi connectivity index (χ1) is 9.58. The molecule has 2 aromatic rings. The van der Waals surface area contributed by atoms with Gasteiger partial charge < -0.3 is 0 Å². The first-order valence-electron chi connectivity index (χ1n) is 6.77. The fourth-order valence-electron chi connectivity index (χ4n) is 2.95. The second-order valence-electron chi connectivity index (χ2n) is 5.50. The van der Waals surface area contributed by atoms with Crippen LogP contribution in [0.2, 0.25) is 5.02 Å². The van der Waals surface area contributed by atoms with Gasteiger partial charge in [-0.2, -0.15) is 0 Å². The zero-order valence-electron chi connectivity index (χ0n) is 11.5. The first kappa shape index (κ1) is 14.0. The highest BCUT2D eigenvalue weighted by Crippen LogP contribution is 2.45. The zero-order chi connectivity index (χ0) is 14.3. The van der Waals surface area contributed by atoms with Crippen molar-refractivity contribution in [1.29, 1.82) is 0 Å². The summed E-state index contributed by atoms with van der Waals surface area (Å²) in [5.41, 5.74) is 3.52. The molecule has 20 heavy (non-hydrogen) atoms. The molecule has 1 atom stereocenters. The SMILES string of the molecule is CC(C)C1c2cc(F)ccc2SCc2c(Cl)cccc21. The third-order valence-corrected chi connectivity index (χ3v) is 5.31. The van der Waals surface area contributed by atoms with Gasteiger partial charge in [-0.1, -0.05) is 37.6 Å². The average Bonchev–Trinajstić information content (AvgIpc) is 2.55. The molecule has 0 aromatic heterocycles. The Balaban J connectivity index is 2.25. The summed E-state index contributed by atoms with van der Waals surface area (Å²) in [6.45, 7) is 4.36. The monoisotopic (exact) mass is 306 g/mol. The summed E-state index contributed by atoms with van der Waals surface area (Å²) < 4.78 is 13.7. The Kier molecular flexibility index (Phi) is 3.78. The molecule has 104 valence electrons. The molecule has 0 spiro atoms. The van der Waals surface area contributed by atoms with E-state index in [2.05, 4.69) is 19.9 Å². The van der Waals surface area contributed by atoms with E-state index in [0.717, 1.165) is 21.2 Å². The Morgan fingerprint density at radius 2 is 2.00 bits per heavy atom. The molecule has 1 heterocycles. The molecule has 0 bridgehead atoms. The highest BCUT2D eigenvalue weighted by atomic mass is 35.5. The zero-order valence-corrected chi connectivity index (χ0v) is 13.1. The molecular formula is C17H16ClFS. The van der Waals surface area contributed by atoms with Gasteiger partial charge in [0.15, 0.2) is 0 Å². The molecule has 0 fully saturated rings. The predicted molar refractivity (Wildman–Crippen MR) is 84.1 cm³/mol. The number of hydrogen-bond acceptors (Lipinski definition) is 1. The molecule has 1 aliphatic heterocycles. The van der Waals surface area contributed by atoms with E-state index in [-0.39, 0.29) is 11.7 Å². The topological polar surface area (TPSA) is 0 Å². The average molecular weight is 307 g/mol. The summed E-state index contributed by atoms with van der Waals surface area (Å²) in [5.74, 6) is 1.27. The molecule has 0 N–H and O–H groups in total. The minimum Gasteiger partial charge on any atom is -0.207 e. The smallest absolute Gasteiger partial charge is 0.123 e. The highest BCUT2D eigenvalue weighted by Gasteiger charge is 2.27. The van der Waals surface area contributed by atoms with E-state index in [1.165, 1.54) is 11.1 Å². The van der Waals surface area contributed by atoms with Gasteiger partial charge in [-0.3, -0.25) is 0 Å². The largest absolute Gasteiger partial charge is 0.207 e. The van der Waals surface area contributed by atoms with E-state index in [4.69, 9.17) is 11.6 Å². The summed E-state index contributed by atoms with van der Waals surface area (Å²) in [7, 11) is 0. The normalized spacial score (nSPS) is 17.6. The molecule has 0 amide bonds. The van der Waals surface area contributed by atoms with Crippen LogP contribution in [-0.2, 0) is 5.75 Å². The second-order valence-corrected chi connectivity index (χ2v) is 6.92. The van der Waals surface area contributed by atoms with Gasteiger partial charge in [0.1, 0.15) is 5.82 Å². The van der Waals surface area contributed by atoms with E-state index in [1.54, 1.807) is 23.9 Å². The third-order valence-electron chi connectivity index (χ3n) is 3.84. The molecule has 0 nitrogen and oxygen atoms in total. The Labute approximate surface area is 128 Å². The van der Waals surface area contributed by atoms with Crippen LogP contribution in [0, 0.1) is 11.7 Å². The lowest BCUT2D eigenvalue weighted by atomic mass is 9.81. The van der Waals surface area contributed by atoms with Crippen molar-refractivity contribution in [3.05, 3.63) is 63.9 Å². The van der Waals surface area contributed by atoms with Gasteiger partial charge in [-0.25, -0.2) is 4.39 Å². The van der Waals surface area contributed by atoms with Crippen molar-refractivity contribution in [3.8, 4) is 0 Å². The Morgan fingerprint density at radius 3 is 2.75 bits per heavy atom. The van der Waals surface area contributed by atoms with E-state index in [9.17, 15) is 4.39 Å². The van der Waals surface area contributed by atoms with Gasteiger partial charge >= 0.3 is 0 Å². The van der Waals surface area contributed by atoms with Gasteiger partial charge in [-0.15, -0.1) is 11.8 Å². The van der Waals surface area contributed by atoms with Gasteiger partial charge in [0, 0.05) is 21.6 Å². The number of rotatable bonds is 1. The van der Waals surface area contributed by atoms with E-state index >= 15 is 0 Å². The maximum atomic E-state index is 13.7. The first-order valence-corrected chi connectivity index (χ1v) is 8.14. The molecule has 0 saturated heterocycles. The van der Waals surface area contributed by atoms with Crippen LogP contribution >= 0.6 is 23.4 Å². The van der Waals surface area contributed by atoms with Crippen molar-refractivity contribution in [2.24, 2.45) is 5.92 Å². The maximum Gasteiger partial charge on any atom is 0.123 e.